The Hall–Kier alpha value is -1.68. The SMILES string of the molecule is CC1(c2ccc(Cl)cc2)CC1NC(=O)C1=C(F)CCC=C1F. The molecule has 3 rings (SSSR count). The van der Waals surface area contributed by atoms with Crippen LogP contribution in [-0.2, 0) is 10.2 Å². The zero-order valence-electron chi connectivity index (χ0n) is 12.1. The molecule has 5 heteroatoms. The molecule has 2 aliphatic carbocycles. The van der Waals surface area contributed by atoms with E-state index in [0.717, 1.165) is 12.0 Å². The Labute approximate surface area is 132 Å². The molecular formula is C17H16ClF2NO. The molecule has 2 aliphatic rings. The maximum atomic E-state index is 13.7. The van der Waals surface area contributed by atoms with Crippen LogP contribution in [0.1, 0.15) is 31.7 Å². The zero-order chi connectivity index (χ0) is 15.9. The lowest BCUT2D eigenvalue weighted by Crippen LogP contribution is -2.32. The van der Waals surface area contributed by atoms with E-state index in [1.807, 2.05) is 19.1 Å². The topological polar surface area (TPSA) is 29.1 Å². The van der Waals surface area contributed by atoms with Crippen molar-refractivity contribution in [3.8, 4) is 0 Å². The first-order valence-corrected chi connectivity index (χ1v) is 7.61. The summed E-state index contributed by atoms with van der Waals surface area (Å²) in [7, 11) is 0. The summed E-state index contributed by atoms with van der Waals surface area (Å²) < 4.78 is 27.4. The smallest absolute Gasteiger partial charge is 0.257 e. The highest BCUT2D eigenvalue weighted by molar-refractivity contribution is 6.30. The lowest BCUT2D eigenvalue weighted by molar-refractivity contribution is -0.117. The van der Waals surface area contributed by atoms with Gasteiger partial charge in [-0.1, -0.05) is 30.7 Å². The number of amides is 1. The van der Waals surface area contributed by atoms with Crippen LogP contribution in [0, 0.1) is 0 Å². The van der Waals surface area contributed by atoms with Gasteiger partial charge < -0.3 is 5.32 Å². The number of rotatable bonds is 3. The molecule has 0 heterocycles. The third-order valence-corrected chi connectivity index (χ3v) is 4.72. The zero-order valence-corrected chi connectivity index (χ0v) is 12.9. The number of carbonyl (C=O) groups is 1. The van der Waals surface area contributed by atoms with Gasteiger partial charge in [0.15, 0.2) is 0 Å². The minimum atomic E-state index is -0.768. The average molecular weight is 324 g/mol. The summed E-state index contributed by atoms with van der Waals surface area (Å²) >= 11 is 5.87. The fourth-order valence-corrected chi connectivity index (χ4v) is 3.00. The van der Waals surface area contributed by atoms with Gasteiger partial charge in [-0.25, -0.2) is 8.78 Å². The second-order valence-corrected chi connectivity index (χ2v) is 6.46. The summed E-state index contributed by atoms with van der Waals surface area (Å²) in [6.07, 6.45) is 2.36. The molecule has 22 heavy (non-hydrogen) atoms. The number of halogens is 3. The van der Waals surface area contributed by atoms with Gasteiger partial charge in [-0.05, 0) is 36.6 Å². The van der Waals surface area contributed by atoms with Gasteiger partial charge in [0, 0.05) is 22.9 Å². The summed E-state index contributed by atoms with van der Waals surface area (Å²) in [5.41, 5.74) is 0.388. The van der Waals surface area contributed by atoms with Crippen LogP contribution in [0.3, 0.4) is 0 Å². The normalized spacial score (nSPS) is 27.5. The Morgan fingerprint density at radius 1 is 1.32 bits per heavy atom. The molecule has 1 aromatic carbocycles. The number of hydrogen-bond donors (Lipinski definition) is 1. The summed E-state index contributed by atoms with van der Waals surface area (Å²) in [6.45, 7) is 2.01. The Bertz CT molecular complexity index is 680. The van der Waals surface area contributed by atoms with E-state index in [9.17, 15) is 13.6 Å². The molecule has 0 spiro atoms. The van der Waals surface area contributed by atoms with Crippen molar-refractivity contribution in [2.45, 2.75) is 37.6 Å². The van der Waals surface area contributed by atoms with Crippen LogP contribution < -0.4 is 5.32 Å². The predicted molar refractivity (Wildman–Crippen MR) is 81.9 cm³/mol. The lowest BCUT2D eigenvalue weighted by Gasteiger charge is -2.15. The molecule has 1 amide bonds. The number of benzene rings is 1. The molecule has 2 atom stereocenters. The van der Waals surface area contributed by atoms with Crippen LogP contribution in [0.15, 0.2) is 47.6 Å². The van der Waals surface area contributed by atoms with E-state index in [4.69, 9.17) is 11.6 Å². The van der Waals surface area contributed by atoms with Crippen molar-refractivity contribution in [1.82, 2.24) is 5.32 Å². The average Bonchev–Trinajstić information content (AvgIpc) is 3.10. The van der Waals surface area contributed by atoms with Crippen molar-refractivity contribution < 1.29 is 13.6 Å². The van der Waals surface area contributed by atoms with E-state index < -0.39 is 23.1 Å². The van der Waals surface area contributed by atoms with Crippen LogP contribution in [0.25, 0.3) is 0 Å². The monoisotopic (exact) mass is 323 g/mol. The van der Waals surface area contributed by atoms with Gasteiger partial charge in [0.1, 0.15) is 17.2 Å². The highest BCUT2D eigenvalue weighted by Crippen LogP contribution is 2.48. The molecule has 0 aromatic heterocycles. The van der Waals surface area contributed by atoms with Gasteiger partial charge >= 0.3 is 0 Å². The van der Waals surface area contributed by atoms with Crippen molar-refractivity contribution >= 4 is 17.5 Å². The molecule has 1 fully saturated rings. The number of nitrogens with one attached hydrogen (secondary N) is 1. The standard InChI is InChI=1S/C17H16ClF2NO/c1-17(10-5-7-11(18)8-6-10)9-14(17)21-16(22)15-12(19)3-2-4-13(15)20/h3,5-8,14H,2,4,9H2,1H3,(H,21,22). The number of allylic oxidation sites excluding steroid dienone is 2. The second-order valence-electron chi connectivity index (χ2n) is 6.03. The molecule has 1 aromatic rings. The quantitative estimate of drug-likeness (QED) is 0.880. The number of hydrogen-bond acceptors (Lipinski definition) is 1. The molecule has 1 N–H and O–H groups in total. The first-order valence-electron chi connectivity index (χ1n) is 7.23. The van der Waals surface area contributed by atoms with Crippen LogP contribution in [0.2, 0.25) is 5.02 Å². The molecule has 0 saturated heterocycles. The molecule has 2 nitrogen and oxygen atoms in total. The molecule has 1 saturated carbocycles. The second kappa shape index (κ2) is 5.51. The van der Waals surface area contributed by atoms with Gasteiger partial charge in [-0.3, -0.25) is 4.79 Å². The van der Waals surface area contributed by atoms with Crippen molar-refractivity contribution in [3.05, 3.63) is 58.2 Å². The largest absolute Gasteiger partial charge is 0.348 e. The Morgan fingerprint density at radius 3 is 2.64 bits per heavy atom. The van der Waals surface area contributed by atoms with E-state index in [1.54, 1.807) is 12.1 Å². The third-order valence-electron chi connectivity index (χ3n) is 4.47. The summed E-state index contributed by atoms with van der Waals surface area (Å²) in [4.78, 5) is 12.1. The highest BCUT2D eigenvalue weighted by atomic mass is 35.5. The van der Waals surface area contributed by atoms with E-state index in [0.29, 0.717) is 11.4 Å². The van der Waals surface area contributed by atoms with Crippen molar-refractivity contribution in [1.29, 1.82) is 0 Å². The van der Waals surface area contributed by atoms with E-state index in [1.165, 1.54) is 6.08 Å². The third kappa shape index (κ3) is 2.68. The highest BCUT2D eigenvalue weighted by Gasteiger charge is 2.52. The summed E-state index contributed by atoms with van der Waals surface area (Å²) in [5, 5.41) is 3.39. The van der Waals surface area contributed by atoms with E-state index >= 15 is 0 Å². The molecule has 0 aliphatic heterocycles. The first-order chi connectivity index (χ1) is 10.4. The Morgan fingerprint density at radius 2 is 2.00 bits per heavy atom. The van der Waals surface area contributed by atoms with Gasteiger partial charge in [0.05, 0.1) is 0 Å². The van der Waals surface area contributed by atoms with Gasteiger partial charge in [0.2, 0.25) is 0 Å². The fourth-order valence-electron chi connectivity index (χ4n) is 2.87. The molecule has 2 unspecified atom stereocenters. The van der Waals surface area contributed by atoms with Gasteiger partial charge in [-0.15, -0.1) is 0 Å². The molecular weight excluding hydrogens is 308 g/mol. The first kappa shape index (κ1) is 15.2. The molecule has 116 valence electrons. The predicted octanol–water partition coefficient (Wildman–Crippen LogP) is 4.36. The maximum Gasteiger partial charge on any atom is 0.257 e. The summed E-state index contributed by atoms with van der Waals surface area (Å²) in [6, 6.07) is 7.29. The molecule has 0 radical (unpaired) electrons. The van der Waals surface area contributed by atoms with Gasteiger partial charge in [0.25, 0.3) is 5.91 Å². The van der Waals surface area contributed by atoms with Crippen LogP contribution in [0.5, 0.6) is 0 Å². The van der Waals surface area contributed by atoms with E-state index in [2.05, 4.69) is 5.32 Å². The fraction of sp³-hybridized carbons (Fsp3) is 0.353. The lowest BCUT2D eigenvalue weighted by atomic mass is 9.97. The van der Waals surface area contributed by atoms with Gasteiger partial charge in [-0.2, -0.15) is 0 Å². The van der Waals surface area contributed by atoms with Crippen molar-refractivity contribution in [2.75, 3.05) is 0 Å². The Kier molecular flexibility index (Phi) is 3.81. The summed E-state index contributed by atoms with van der Waals surface area (Å²) in [5.74, 6) is -2.12. The Balaban J connectivity index is 1.72. The minimum absolute atomic E-state index is 0.0787. The van der Waals surface area contributed by atoms with Crippen LogP contribution in [-0.4, -0.2) is 11.9 Å². The van der Waals surface area contributed by atoms with E-state index in [-0.39, 0.29) is 17.9 Å². The molecule has 0 bridgehead atoms. The minimum Gasteiger partial charge on any atom is -0.348 e. The van der Waals surface area contributed by atoms with Crippen LogP contribution >= 0.6 is 11.6 Å². The maximum absolute atomic E-state index is 13.7. The van der Waals surface area contributed by atoms with Crippen molar-refractivity contribution in [3.63, 3.8) is 0 Å². The van der Waals surface area contributed by atoms with Crippen LogP contribution in [0.4, 0.5) is 8.78 Å². The number of carbonyl (C=O) groups excluding carboxylic acids is 1. The van der Waals surface area contributed by atoms with Crippen molar-refractivity contribution in [2.24, 2.45) is 0 Å².